The number of ether oxygens (including phenoxy) is 1. The summed E-state index contributed by atoms with van der Waals surface area (Å²) in [6, 6.07) is 25.7. The third kappa shape index (κ3) is 5.37. The molecule has 8 rings (SSSR count). The van der Waals surface area contributed by atoms with Gasteiger partial charge < -0.3 is 20.5 Å². The lowest BCUT2D eigenvalue weighted by molar-refractivity contribution is 0.0105. The molecule has 8 nitrogen and oxygen atoms in total. The summed E-state index contributed by atoms with van der Waals surface area (Å²) in [6.45, 7) is 5.96. The number of methoxy groups -OCH3 is 1. The van der Waals surface area contributed by atoms with E-state index >= 15 is 0 Å². The minimum atomic E-state index is -0.968. The van der Waals surface area contributed by atoms with Crippen molar-refractivity contribution in [2.24, 2.45) is 11.8 Å². The van der Waals surface area contributed by atoms with E-state index in [1.54, 1.807) is 13.3 Å². The van der Waals surface area contributed by atoms with Gasteiger partial charge in [-0.15, -0.1) is 6.58 Å². The second-order valence-corrected chi connectivity index (χ2v) is 12.4. The molecule has 2 bridgehead atoms. The van der Waals surface area contributed by atoms with E-state index < -0.39 is 23.0 Å². The molecule has 3 aliphatic heterocycles. The number of pyridine rings is 1. The zero-order valence-corrected chi connectivity index (χ0v) is 25.8. The summed E-state index contributed by atoms with van der Waals surface area (Å²) in [5, 5.41) is 19.4. The number of aromatic nitrogens is 1. The van der Waals surface area contributed by atoms with E-state index in [1.807, 2.05) is 84.9 Å². The first-order valence-electron chi connectivity index (χ1n) is 15.9. The maximum absolute atomic E-state index is 13.4. The molecule has 1 unspecified atom stereocenters. The van der Waals surface area contributed by atoms with Gasteiger partial charge in [-0.2, -0.15) is 0 Å². The largest absolute Gasteiger partial charge is 0.497 e. The molecule has 0 saturated carbocycles. The van der Waals surface area contributed by atoms with Crippen molar-refractivity contribution in [3.63, 3.8) is 0 Å². The normalized spacial score (nSPS) is 22.7. The first-order valence-corrected chi connectivity index (χ1v) is 15.9. The van der Waals surface area contributed by atoms with E-state index in [1.165, 1.54) is 0 Å². The van der Waals surface area contributed by atoms with E-state index in [0.717, 1.165) is 53.7 Å². The van der Waals surface area contributed by atoms with Crippen molar-refractivity contribution < 1.29 is 9.84 Å². The smallest absolute Gasteiger partial charge is 0.253 e. The number of nitrogens with zero attached hydrogens (tertiary/aromatic N) is 2. The summed E-state index contributed by atoms with van der Waals surface area (Å²) in [5.74, 6) is 1.64. The Bertz CT molecular complexity index is 1920. The number of benzene rings is 3. The molecule has 0 aliphatic carbocycles. The maximum atomic E-state index is 13.4. The van der Waals surface area contributed by atoms with Gasteiger partial charge in [0.2, 0.25) is 0 Å². The second kappa shape index (κ2) is 12.5. The standard InChI is InChI=1S/C38H38N4O4/c1-3-23-22-42-19-17-26(23)20-31(42)33(28-16-18-39-30-15-14-27(46-2)21-29(28)30)41-35-34(37(44)38(35)45)40-32(24-10-6-4-7-11-24)36(43)25-12-8-5-9-13-25/h3-16,18,21,23,26,31-33,36,40-41,43H,1,17,19-20,22H2,2H3/t23-,26-,31-,32+,33-,36-/m0/s1. The molecule has 3 saturated heterocycles. The molecule has 4 heterocycles. The summed E-state index contributed by atoms with van der Waals surface area (Å²) in [6.07, 6.45) is 4.94. The van der Waals surface area contributed by atoms with Crippen LogP contribution in [-0.4, -0.2) is 41.2 Å². The Hall–Kier alpha value is -4.79. The lowest BCUT2D eigenvalue weighted by Gasteiger charge is -2.52. The van der Waals surface area contributed by atoms with Crippen molar-refractivity contribution in [3.8, 4) is 5.75 Å². The van der Waals surface area contributed by atoms with Crippen molar-refractivity contribution in [1.82, 2.24) is 9.88 Å². The van der Waals surface area contributed by atoms with Crippen LogP contribution in [0.5, 0.6) is 5.75 Å². The molecule has 3 N–H and O–H groups in total. The summed E-state index contributed by atoms with van der Waals surface area (Å²) in [7, 11) is 1.64. The average Bonchev–Trinajstić information content (AvgIpc) is 3.13. The molecule has 0 spiro atoms. The molecule has 3 fully saturated rings. The number of anilines is 2. The summed E-state index contributed by atoms with van der Waals surface area (Å²) >= 11 is 0. The van der Waals surface area contributed by atoms with Crippen LogP contribution in [0.15, 0.2) is 113 Å². The van der Waals surface area contributed by atoms with Crippen LogP contribution in [0.1, 0.15) is 47.7 Å². The Morgan fingerprint density at radius 1 is 0.957 bits per heavy atom. The van der Waals surface area contributed by atoms with E-state index in [-0.39, 0.29) is 23.5 Å². The average molecular weight is 615 g/mol. The number of nitrogens with one attached hydrogen (secondary N) is 2. The number of hydrogen-bond donors (Lipinski definition) is 3. The highest BCUT2D eigenvalue weighted by molar-refractivity contribution is 5.85. The van der Waals surface area contributed by atoms with Gasteiger partial charge in [0, 0.05) is 24.2 Å². The zero-order chi connectivity index (χ0) is 31.8. The molecule has 7 atom stereocenters. The van der Waals surface area contributed by atoms with Crippen molar-refractivity contribution in [2.45, 2.75) is 37.1 Å². The number of fused-ring (bicyclic) bond motifs is 4. The summed E-state index contributed by atoms with van der Waals surface area (Å²) in [4.78, 5) is 33.7. The van der Waals surface area contributed by atoms with E-state index in [9.17, 15) is 14.7 Å². The quantitative estimate of drug-likeness (QED) is 0.127. The van der Waals surface area contributed by atoms with Crippen LogP contribution in [-0.2, 0) is 0 Å². The lowest BCUT2D eigenvalue weighted by atomic mass is 9.73. The minimum absolute atomic E-state index is 0.0730. The van der Waals surface area contributed by atoms with Crippen molar-refractivity contribution in [2.75, 3.05) is 30.8 Å². The van der Waals surface area contributed by atoms with Gasteiger partial charge in [-0.1, -0.05) is 66.7 Å². The van der Waals surface area contributed by atoms with Gasteiger partial charge in [-0.05, 0) is 72.2 Å². The predicted molar refractivity (Wildman–Crippen MR) is 182 cm³/mol. The first-order chi connectivity index (χ1) is 22.5. The summed E-state index contributed by atoms with van der Waals surface area (Å²) in [5.41, 5.74) is 2.58. The molecular formula is C38H38N4O4. The molecule has 0 amide bonds. The van der Waals surface area contributed by atoms with Gasteiger partial charge in [0.1, 0.15) is 23.2 Å². The van der Waals surface area contributed by atoms with E-state index in [0.29, 0.717) is 17.4 Å². The highest BCUT2D eigenvalue weighted by Gasteiger charge is 2.44. The molecule has 234 valence electrons. The van der Waals surface area contributed by atoms with Crippen LogP contribution in [0.25, 0.3) is 10.9 Å². The second-order valence-electron chi connectivity index (χ2n) is 12.4. The Balaban J connectivity index is 1.29. The first kappa shape index (κ1) is 29.9. The fraction of sp³-hybridized carbons (Fsp3) is 0.289. The zero-order valence-electron chi connectivity index (χ0n) is 25.8. The third-order valence-electron chi connectivity index (χ3n) is 9.98. The molecule has 1 aromatic heterocycles. The number of hydrogen-bond acceptors (Lipinski definition) is 8. The number of aliphatic hydroxyl groups is 1. The topological polar surface area (TPSA) is 104 Å². The molecule has 0 radical (unpaired) electrons. The third-order valence-corrected chi connectivity index (χ3v) is 9.98. The SMILES string of the molecule is C=C[C@H]1CN2CC[C@H]1C[C@H]2[C@@H](Nc1c(N[C@H](c2ccccc2)[C@@H](O)c2ccccc2)c(=O)c1=O)c1ccnc2ccc(OC)cc12. The Kier molecular flexibility index (Phi) is 8.15. The monoisotopic (exact) mass is 614 g/mol. The van der Waals surface area contributed by atoms with Gasteiger partial charge in [-0.25, -0.2) is 0 Å². The van der Waals surface area contributed by atoms with Crippen LogP contribution < -0.4 is 26.2 Å². The number of piperidine rings is 3. The molecule has 3 aliphatic rings. The van der Waals surface area contributed by atoms with Crippen LogP contribution in [0.3, 0.4) is 0 Å². The Morgan fingerprint density at radius 3 is 2.30 bits per heavy atom. The molecule has 5 aromatic rings. The van der Waals surface area contributed by atoms with Crippen LogP contribution in [0, 0.1) is 11.8 Å². The van der Waals surface area contributed by atoms with E-state index in [2.05, 4.69) is 33.2 Å². The van der Waals surface area contributed by atoms with Crippen LogP contribution in [0.2, 0.25) is 0 Å². The Labute approximate surface area is 268 Å². The fourth-order valence-electron chi connectivity index (χ4n) is 7.48. The number of rotatable bonds is 11. The van der Waals surface area contributed by atoms with E-state index in [4.69, 9.17) is 4.74 Å². The van der Waals surface area contributed by atoms with Gasteiger partial charge in [-0.3, -0.25) is 19.5 Å². The van der Waals surface area contributed by atoms with Crippen molar-refractivity contribution >= 4 is 22.3 Å². The minimum Gasteiger partial charge on any atom is -0.497 e. The number of aliphatic hydroxyl groups excluding tert-OH is 1. The van der Waals surface area contributed by atoms with Gasteiger partial charge in [0.15, 0.2) is 0 Å². The van der Waals surface area contributed by atoms with Gasteiger partial charge in [0.05, 0.1) is 24.7 Å². The lowest BCUT2D eigenvalue weighted by Crippen LogP contribution is -2.56. The van der Waals surface area contributed by atoms with Gasteiger partial charge >= 0.3 is 0 Å². The molecule has 8 heteroatoms. The van der Waals surface area contributed by atoms with Crippen molar-refractivity contribution in [3.05, 3.63) is 141 Å². The van der Waals surface area contributed by atoms with Gasteiger partial charge in [0.25, 0.3) is 10.9 Å². The summed E-state index contributed by atoms with van der Waals surface area (Å²) < 4.78 is 5.58. The highest BCUT2D eigenvalue weighted by atomic mass is 16.5. The predicted octanol–water partition coefficient (Wildman–Crippen LogP) is 5.78. The highest BCUT2D eigenvalue weighted by Crippen LogP contribution is 2.44. The van der Waals surface area contributed by atoms with Crippen LogP contribution in [0.4, 0.5) is 11.4 Å². The molecule has 46 heavy (non-hydrogen) atoms. The fourth-order valence-corrected chi connectivity index (χ4v) is 7.48. The molecule has 4 aromatic carbocycles. The maximum Gasteiger partial charge on any atom is 0.253 e. The van der Waals surface area contributed by atoms with Crippen LogP contribution >= 0.6 is 0 Å². The Morgan fingerprint density at radius 2 is 1.65 bits per heavy atom. The molecular weight excluding hydrogens is 576 g/mol. The van der Waals surface area contributed by atoms with Crippen molar-refractivity contribution in [1.29, 1.82) is 0 Å².